The van der Waals surface area contributed by atoms with Crippen molar-refractivity contribution in [3.63, 3.8) is 0 Å². The van der Waals surface area contributed by atoms with Crippen molar-refractivity contribution in [2.45, 2.75) is 57.5 Å². The highest BCUT2D eigenvalue weighted by atomic mass is 16.5. The second kappa shape index (κ2) is 10.6. The molecule has 0 saturated carbocycles. The first-order chi connectivity index (χ1) is 12.2. The first-order valence-corrected chi connectivity index (χ1v) is 8.76. The molecule has 1 aromatic carbocycles. The van der Waals surface area contributed by atoms with Crippen molar-refractivity contribution >= 4 is 5.97 Å². The number of esters is 1. The van der Waals surface area contributed by atoms with E-state index < -0.39 is 49.5 Å². The molecule has 1 rings (SSSR count). The summed E-state index contributed by atoms with van der Waals surface area (Å²) in [5, 5.41) is 47.0. The minimum Gasteiger partial charge on any atom is -0.462 e. The van der Waals surface area contributed by atoms with Crippen molar-refractivity contribution in [3.05, 3.63) is 35.4 Å². The van der Waals surface area contributed by atoms with E-state index in [2.05, 4.69) is 13.8 Å². The normalized spacial score (nSPS) is 17.4. The van der Waals surface area contributed by atoms with Gasteiger partial charge in [-0.2, -0.15) is 0 Å². The molecular formula is C19H30O7. The molecule has 0 aromatic heterocycles. The van der Waals surface area contributed by atoms with Crippen LogP contribution < -0.4 is 0 Å². The molecule has 0 aliphatic heterocycles. The van der Waals surface area contributed by atoms with Gasteiger partial charge in [0.15, 0.2) is 0 Å². The van der Waals surface area contributed by atoms with Gasteiger partial charge in [-0.1, -0.05) is 38.1 Å². The molecule has 0 fully saturated rings. The monoisotopic (exact) mass is 370 g/mol. The predicted molar refractivity (Wildman–Crippen MR) is 95.5 cm³/mol. The van der Waals surface area contributed by atoms with Crippen LogP contribution in [0.2, 0.25) is 0 Å². The van der Waals surface area contributed by atoms with Crippen LogP contribution in [0.15, 0.2) is 24.3 Å². The van der Waals surface area contributed by atoms with Crippen molar-refractivity contribution in [3.8, 4) is 0 Å². The Hall–Kier alpha value is -1.51. The molecule has 0 aliphatic carbocycles. The summed E-state index contributed by atoms with van der Waals surface area (Å²) in [5.74, 6) is -0.596. The van der Waals surface area contributed by atoms with E-state index in [1.165, 1.54) is 5.56 Å². The highest BCUT2D eigenvalue weighted by Crippen LogP contribution is 2.19. The molecule has 26 heavy (non-hydrogen) atoms. The Morgan fingerprint density at radius 2 is 1.50 bits per heavy atom. The first-order valence-electron chi connectivity index (χ1n) is 8.76. The number of aliphatic hydroxyl groups is 5. The molecule has 148 valence electrons. The summed E-state index contributed by atoms with van der Waals surface area (Å²) in [7, 11) is 0. The SMILES string of the molecule is CC(C)Cc1ccc(C(C)C(=O)OC[C@@H](O)[C@@H](O)[C@H](O)[C@H](O)CO)cc1. The highest BCUT2D eigenvalue weighted by molar-refractivity contribution is 5.77. The maximum absolute atomic E-state index is 12.1. The summed E-state index contributed by atoms with van der Waals surface area (Å²) in [6, 6.07) is 7.64. The van der Waals surface area contributed by atoms with Crippen LogP contribution in [0.5, 0.6) is 0 Å². The van der Waals surface area contributed by atoms with E-state index in [4.69, 9.17) is 9.84 Å². The lowest BCUT2D eigenvalue weighted by atomic mass is 9.97. The molecule has 0 heterocycles. The summed E-state index contributed by atoms with van der Waals surface area (Å²) in [4.78, 5) is 12.1. The minimum absolute atomic E-state index is 0.537. The van der Waals surface area contributed by atoms with Gasteiger partial charge in [-0.15, -0.1) is 0 Å². The van der Waals surface area contributed by atoms with Gasteiger partial charge in [0.25, 0.3) is 0 Å². The molecule has 5 atom stereocenters. The molecule has 5 N–H and O–H groups in total. The maximum atomic E-state index is 12.1. The van der Waals surface area contributed by atoms with Crippen molar-refractivity contribution in [1.29, 1.82) is 0 Å². The van der Waals surface area contributed by atoms with Crippen LogP contribution in [0.4, 0.5) is 0 Å². The van der Waals surface area contributed by atoms with Crippen LogP contribution >= 0.6 is 0 Å². The van der Waals surface area contributed by atoms with Gasteiger partial charge < -0.3 is 30.3 Å². The number of hydrogen-bond donors (Lipinski definition) is 5. The third-order valence-corrected chi connectivity index (χ3v) is 4.20. The van der Waals surface area contributed by atoms with Gasteiger partial charge in [0.1, 0.15) is 31.0 Å². The lowest BCUT2D eigenvalue weighted by Gasteiger charge is -2.25. The lowest BCUT2D eigenvalue weighted by molar-refractivity contribution is -0.157. The third kappa shape index (κ3) is 6.66. The van der Waals surface area contributed by atoms with E-state index in [9.17, 15) is 25.2 Å². The number of aliphatic hydroxyl groups excluding tert-OH is 5. The molecule has 1 aromatic rings. The van der Waals surface area contributed by atoms with Gasteiger partial charge in [-0.25, -0.2) is 0 Å². The van der Waals surface area contributed by atoms with Gasteiger partial charge >= 0.3 is 5.97 Å². The van der Waals surface area contributed by atoms with E-state index in [0.717, 1.165) is 12.0 Å². The van der Waals surface area contributed by atoms with E-state index in [1.54, 1.807) is 6.92 Å². The predicted octanol–water partition coefficient (Wildman–Crippen LogP) is -0.0323. The fourth-order valence-corrected chi connectivity index (χ4v) is 2.50. The van der Waals surface area contributed by atoms with Crippen molar-refractivity contribution in [1.82, 2.24) is 0 Å². The number of carbonyl (C=O) groups is 1. The molecule has 0 amide bonds. The van der Waals surface area contributed by atoms with Crippen LogP contribution in [-0.4, -0.2) is 69.1 Å². The molecule has 0 bridgehead atoms. The molecule has 0 aliphatic rings. The van der Waals surface area contributed by atoms with E-state index in [1.807, 2.05) is 24.3 Å². The Kier molecular flexibility index (Phi) is 9.18. The molecule has 7 heteroatoms. The second-order valence-corrected chi connectivity index (χ2v) is 6.99. The van der Waals surface area contributed by atoms with Gasteiger partial charge in [-0.3, -0.25) is 4.79 Å². The van der Waals surface area contributed by atoms with Crippen LogP contribution in [-0.2, 0) is 16.0 Å². The van der Waals surface area contributed by atoms with Gasteiger partial charge in [0, 0.05) is 0 Å². The number of rotatable bonds is 10. The number of carbonyl (C=O) groups excluding carboxylic acids is 1. The smallest absolute Gasteiger partial charge is 0.313 e. The van der Waals surface area contributed by atoms with Gasteiger partial charge in [0.05, 0.1) is 12.5 Å². The Bertz CT molecular complexity index is 543. The summed E-state index contributed by atoms with van der Waals surface area (Å²) in [6.07, 6.45) is -5.74. The average Bonchev–Trinajstić information content (AvgIpc) is 2.63. The van der Waals surface area contributed by atoms with Crippen molar-refractivity contribution in [2.24, 2.45) is 5.92 Å². The topological polar surface area (TPSA) is 127 Å². The van der Waals surface area contributed by atoms with E-state index >= 15 is 0 Å². The van der Waals surface area contributed by atoms with Gasteiger partial charge in [-0.05, 0) is 30.4 Å². The van der Waals surface area contributed by atoms with E-state index in [-0.39, 0.29) is 0 Å². The zero-order chi connectivity index (χ0) is 19.9. The number of hydrogen-bond acceptors (Lipinski definition) is 7. The Morgan fingerprint density at radius 1 is 0.962 bits per heavy atom. The first kappa shape index (κ1) is 22.5. The largest absolute Gasteiger partial charge is 0.462 e. The molecule has 0 radical (unpaired) electrons. The molecule has 0 spiro atoms. The fraction of sp³-hybridized carbons (Fsp3) is 0.632. The minimum atomic E-state index is -1.75. The third-order valence-electron chi connectivity index (χ3n) is 4.20. The van der Waals surface area contributed by atoms with Crippen LogP contribution in [0.3, 0.4) is 0 Å². The Morgan fingerprint density at radius 3 is 2.00 bits per heavy atom. The average molecular weight is 370 g/mol. The lowest BCUT2D eigenvalue weighted by Crippen LogP contribution is -2.47. The molecular weight excluding hydrogens is 340 g/mol. The number of ether oxygens (including phenoxy) is 1. The molecule has 1 unspecified atom stereocenters. The van der Waals surface area contributed by atoms with E-state index in [0.29, 0.717) is 5.92 Å². The summed E-state index contributed by atoms with van der Waals surface area (Å²) in [5.41, 5.74) is 1.95. The number of benzene rings is 1. The van der Waals surface area contributed by atoms with Crippen LogP contribution in [0.25, 0.3) is 0 Å². The van der Waals surface area contributed by atoms with Gasteiger partial charge in [0.2, 0.25) is 0 Å². The van der Waals surface area contributed by atoms with Crippen LogP contribution in [0.1, 0.15) is 37.8 Å². The summed E-state index contributed by atoms with van der Waals surface area (Å²) in [6.45, 7) is 4.63. The molecule has 7 nitrogen and oxygen atoms in total. The zero-order valence-electron chi connectivity index (χ0n) is 15.4. The highest BCUT2D eigenvalue weighted by Gasteiger charge is 2.31. The second-order valence-electron chi connectivity index (χ2n) is 6.99. The summed E-state index contributed by atoms with van der Waals surface area (Å²) >= 11 is 0. The quantitative estimate of drug-likeness (QED) is 0.366. The Labute approximate surface area is 153 Å². The standard InChI is InChI=1S/C19H30O7/c1-11(2)8-13-4-6-14(7-5-13)12(3)19(25)26-10-16(22)18(24)17(23)15(21)9-20/h4-7,11-12,15-18,20-24H,8-10H2,1-3H3/t12?,15-,16-,17-,18-/m1/s1. The van der Waals surface area contributed by atoms with Crippen molar-refractivity contribution in [2.75, 3.05) is 13.2 Å². The van der Waals surface area contributed by atoms with Crippen molar-refractivity contribution < 1.29 is 35.1 Å². The maximum Gasteiger partial charge on any atom is 0.313 e. The van der Waals surface area contributed by atoms with Crippen LogP contribution in [0, 0.1) is 5.92 Å². The fourth-order valence-electron chi connectivity index (χ4n) is 2.50. The molecule has 0 saturated heterocycles. The summed E-state index contributed by atoms with van der Waals surface area (Å²) < 4.78 is 5.00. The zero-order valence-corrected chi connectivity index (χ0v) is 15.4. The Balaban J connectivity index is 2.56.